The Morgan fingerprint density at radius 2 is 2.13 bits per heavy atom. The highest BCUT2D eigenvalue weighted by Gasteiger charge is 2.20. The fourth-order valence-electron chi connectivity index (χ4n) is 2.42. The van der Waals surface area contributed by atoms with Crippen molar-refractivity contribution in [1.29, 1.82) is 0 Å². The lowest BCUT2D eigenvalue weighted by atomic mass is 10.2. The maximum Gasteiger partial charge on any atom is 0.280 e. The normalized spacial score (nSPS) is 14.6. The van der Waals surface area contributed by atoms with Crippen molar-refractivity contribution in [2.75, 3.05) is 31.6 Å². The summed E-state index contributed by atoms with van der Waals surface area (Å²) in [5.41, 5.74) is 0.669. The summed E-state index contributed by atoms with van der Waals surface area (Å²) < 4.78 is 8.13. The molecule has 1 amide bonds. The molecule has 3 rings (SSSR count). The van der Waals surface area contributed by atoms with Crippen molar-refractivity contribution in [3.05, 3.63) is 46.7 Å². The summed E-state index contributed by atoms with van der Waals surface area (Å²) in [5.74, 6) is 1.63. The maximum atomic E-state index is 12.5. The van der Waals surface area contributed by atoms with Gasteiger partial charge in [0.25, 0.3) is 11.7 Å². The zero-order valence-electron chi connectivity index (χ0n) is 12.8. The number of morpholine rings is 1. The van der Waals surface area contributed by atoms with Gasteiger partial charge in [0.1, 0.15) is 6.20 Å². The molecule has 2 aromatic rings. The van der Waals surface area contributed by atoms with Crippen LogP contribution in [0.2, 0.25) is 0 Å². The van der Waals surface area contributed by atoms with Crippen LogP contribution in [-0.2, 0) is 11.8 Å². The number of hydrogen-bond acceptors (Lipinski definition) is 4. The maximum absolute atomic E-state index is 12.5. The Bertz CT molecular complexity index is 717. The van der Waals surface area contributed by atoms with Crippen LogP contribution in [0, 0.1) is 0 Å². The van der Waals surface area contributed by atoms with Crippen LogP contribution in [-0.4, -0.2) is 42.1 Å². The molecule has 0 unspecified atom stereocenters. The monoisotopic (exact) mass is 377 g/mol. The van der Waals surface area contributed by atoms with E-state index in [9.17, 15) is 4.79 Å². The summed E-state index contributed by atoms with van der Waals surface area (Å²) in [5, 5.41) is 3.24. The Balaban J connectivity index is 1.76. The standard InChI is InChI=1S/C16H17BrN4O2/c1-20-11-12(16(22)21-6-8-23-9-7-21)2-3-15(20)19-14-10-13(17)4-5-18-14/h2-5,10-11H,6-9H2,1H3/p+1. The Labute approximate surface area is 143 Å². The molecular formula is C16H18BrN4O2+. The smallest absolute Gasteiger partial charge is 0.280 e. The lowest BCUT2D eigenvalue weighted by Crippen LogP contribution is -2.42. The first-order chi connectivity index (χ1) is 11.1. The molecule has 1 aliphatic rings. The van der Waals surface area contributed by atoms with Gasteiger partial charge in [0, 0.05) is 35.9 Å². The van der Waals surface area contributed by atoms with E-state index in [-0.39, 0.29) is 5.91 Å². The minimum Gasteiger partial charge on any atom is -0.378 e. The zero-order valence-corrected chi connectivity index (χ0v) is 14.4. The molecule has 2 aromatic heterocycles. The predicted octanol–water partition coefficient (Wildman–Crippen LogP) is 1.88. The van der Waals surface area contributed by atoms with E-state index >= 15 is 0 Å². The average Bonchev–Trinajstić information content (AvgIpc) is 2.57. The third-order valence-electron chi connectivity index (χ3n) is 3.66. The van der Waals surface area contributed by atoms with E-state index < -0.39 is 0 Å². The lowest BCUT2D eigenvalue weighted by Gasteiger charge is -2.26. The summed E-state index contributed by atoms with van der Waals surface area (Å²) in [6, 6.07) is 7.48. The van der Waals surface area contributed by atoms with Gasteiger partial charge >= 0.3 is 0 Å². The first-order valence-corrected chi connectivity index (χ1v) is 8.18. The summed E-state index contributed by atoms with van der Waals surface area (Å²) >= 11 is 3.42. The van der Waals surface area contributed by atoms with Gasteiger partial charge in [-0.3, -0.25) is 4.79 Å². The highest BCUT2D eigenvalue weighted by Crippen LogP contribution is 2.16. The number of halogens is 1. The van der Waals surface area contributed by atoms with Gasteiger partial charge in [0.05, 0.1) is 25.8 Å². The first kappa shape index (κ1) is 15.9. The van der Waals surface area contributed by atoms with Crippen molar-refractivity contribution < 1.29 is 14.1 Å². The van der Waals surface area contributed by atoms with Crippen LogP contribution in [0.15, 0.2) is 41.1 Å². The van der Waals surface area contributed by atoms with E-state index in [0.29, 0.717) is 31.9 Å². The summed E-state index contributed by atoms with van der Waals surface area (Å²) in [4.78, 5) is 18.6. The predicted molar refractivity (Wildman–Crippen MR) is 89.6 cm³/mol. The molecule has 6 nitrogen and oxygen atoms in total. The van der Waals surface area contributed by atoms with Crippen LogP contribution in [0.1, 0.15) is 10.4 Å². The number of aryl methyl sites for hydroxylation is 1. The van der Waals surface area contributed by atoms with Gasteiger partial charge in [0.2, 0.25) is 5.82 Å². The molecule has 3 heterocycles. The molecule has 0 bridgehead atoms. The molecule has 0 radical (unpaired) electrons. The quantitative estimate of drug-likeness (QED) is 0.829. The van der Waals surface area contributed by atoms with Gasteiger partial charge in [0.15, 0.2) is 0 Å². The van der Waals surface area contributed by atoms with Gasteiger partial charge in [-0.15, -0.1) is 0 Å². The molecular weight excluding hydrogens is 360 g/mol. The molecule has 0 spiro atoms. The molecule has 1 fully saturated rings. The SMILES string of the molecule is C[n+]1cc(C(=O)N2CCOCC2)ccc1Nc1cc(Br)ccn1. The van der Waals surface area contributed by atoms with E-state index in [1.165, 1.54) is 0 Å². The number of rotatable bonds is 3. The van der Waals surface area contributed by atoms with E-state index in [2.05, 4.69) is 26.2 Å². The van der Waals surface area contributed by atoms with E-state index in [1.807, 2.05) is 47.0 Å². The summed E-state index contributed by atoms with van der Waals surface area (Å²) in [6.45, 7) is 2.49. The summed E-state index contributed by atoms with van der Waals surface area (Å²) in [7, 11) is 1.90. The number of carbonyl (C=O) groups is 1. The molecule has 0 saturated carbocycles. The number of hydrogen-bond donors (Lipinski definition) is 1. The van der Waals surface area contributed by atoms with E-state index in [0.717, 1.165) is 16.1 Å². The largest absolute Gasteiger partial charge is 0.378 e. The molecule has 7 heteroatoms. The molecule has 0 atom stereocenters. The van der Waals surface area contributed by atoms with Crippen molar-refractivity contribution in [2.45, 2.75) is 0 Å². The molecule has 120 valence electrons. The van der Waals surface area contributed by atoms with Crippen LogP contribution in [0.3, 0.4) is 0 Å². The highest BCUT2D eigenvalue weighted by atomic mass is 79.9. The Kier molecular flexibility index (Phi) is 4.88. The van der Waals surface area contributed by atoms with Gasteiger partial charge in [-0.05, 0) is 12.1 Å². The number of pyridine rings is 2. The van der Waals surface area contributed by atoms with Crippen molar-refractivity contribution in [1.82, 2.24) is 9.88 Å². The number of amides is 1. The molecule has 1 saturated heterocycles. The van der Waals surface area contributed by atoms with E-state index in [4.69, 9.17) is 4.74 Å². The van der Waals surface area contributed by atoms with Gasteiger partial charge < -0.3 is 9.64 Å². The number of nitrogens with zero attached hydrogens (tertiary/aromatic N) is 3. The number of anilines is 2. The minimum atomic E-state index is 0.0380. The van der Waals surface area contributed by atoms with Gasteiger partial charge in [-0.2, -0.15) is 0 Å². The van der Waals surface area contributed by atoms with Crippen molar-refractivity contribution in [3.8, 4) is 0 Å². The van der Waals surface area contributed by atoms with Gasteiger partial charge in [-0.1, -0.05) is 15.9 Å². The second kappa shape index (κ2) is 7.06. The van der Waals surface area contributed by atoms with Crippen LogP contribution in [0.5, 0.6) is 0 Å². The topological polar surface area (TPSA) is 58.3 Å². The highest BCUT2D eigenvalue weighted by molar-refractivity contribution is 9.10. The zero-order chi connectivity index (χ0) is 16.2. The number of nitrogens with one attached hydrogen (secondary N) is 1. The van der Waals surface area contributed by atoms with Crippen molar-refractivity contribution in [3.63, 3.8) is 0 Å². The van der Waals surface area contributed by atoms with Crippen LogP contribution in [0.4, 0.5) is 11.6 Å². The summed E-state index contributed by atoms with van der Waals surface area (Å²) in [6.07, 6.45) is 3.56. The second-order valence-electron chi connectivity index (χ2n) is 5.30. The minimum absolute atomic E-state index is 0.0380. The van der Waals surface area contributed by atoms with Crippen LogP contribution < -0.4 is 9.88 Å². The molecule has 1 N–H and O–H groups in total. The molecule has 1 aliphatic heterocycles. The number of ether oxygens (including phenoxy) is 1. The fourth-order valence-corrected chi connectivity index (χ4v) is 2.75. The van der Waals surface area contributed by atoms with E-state index in [1.54, 1.807) is 6.20 Å². The third kappa shape index (κ3) is 3.86. The molecule has 23 heavy (non-hydrogen) atoms. The fraction of sp³-hybridized carbons (Fsp3) is 0.312. The van der Waals surface area contributed by atoms with Crippen LogP contribution in [0.25, 0.3) is 0 Å². The number of carbonyl (C=O) groups excluding carboxylic acids is 1. The van der Waals surface area contributed by atoms with Crippen LogP contribution >= 0.6 is 15.9 Å². The molecule has 0 aromatic carbocycles. The van der Waals surface area contributed by atoms with Crippen molar-refractivity contribution in [2.24, 2.45) is 7.05 Å². The van der Waals surface area contributed by atoms with Crippen molar-refractivity contribution >= 4 is 33.5 Å². The Morgan fingerprint density at radius 1 is 1.35 bits per heavy atom. The van der Waals surface area contributed by atoms with Gasteiger partial charge in [-0.25, -0.2) is 14.9 Å². The first-order valence-electron chi connectivity index (χ1n) is 7.39. The number of aromatic nitrogens is 2. The lowest BCUT2D eigenvalue weighted by molar-refractivity contribution is -0.657. The second-order valence-corrected chi connectivity index (χ2v) is 6.22. The Hall–Kier alpha value is -1.99. The molecule has 0 aliphatic carbocycles. The average molecular weight is 378 g/mol. The Morgan fingerprint density at radius 3 is 2.83 bits per heavy atom. The third-order valence-corrected chi connectivity index (χ3v) is 4.15.